The Morgan fingerprint density at radius 3 is 2.10 bits per heavy atom. The molecule has 0 atom stereocenters. The number of hydrogen-bond acceptors (Lipinski definition) is 4. The summed E-state index contributed by atoms with van der Waals surface area (Å²) >= 11 is 19.7. The average molecular weight is 357 g/mol. The lowest BCUT2D eigenvalue weighted by molar-refractivity contribution is 1.16. The van der Waals surface area contributed by atoms with Crippen LogP contribution in [0.1, 0.15) is 5.56 Å². The van der Waals surface area contributed by atoms with E-state index in [1.807, 2.05) is 31.2 Å². The zero-order valence-corrected chi connectivity index (χ0v) is 13.9. The number of aromatic nitrogens is 3. The number of nitrogens with zero attached hydrogens (tertiary/aromatic N) is 3. The summed E-state index contributed by atoms with van der Waals surface area (Å²) in [5.41, 5.74) is 2.64. The molecule has 3 nitrogen and oxygen atoms in total. The first-order chi connectivity index (χ1) is 10.0. The second-order valence-electron chi connectivity index (χ2n) is 4.34. The van der Waals surface area contributed by atoms with Crippen molar-refractivity contribution in [3.63, 3.8) is 0 Å². The SMILES string of the molecule is Cc1ccc(-c2c(Cl)nc(-c3ncc(Cl)s3)nc2Cl)cc1. The van der Waals surface area contributed by atoms with E-state index in [0.717, 1.165) is 11.1 Å². The van der Waals surface area contributed by atoms with Crippen molar-refractivity contribution in [2.24, 2.45) is 0 Å². The van der Waals surface area contributed by atoms with Gasteiger partial charge in [0.1, 0.15) is 14.6 Å². The highest BCUT2D eigenvalue weighted by Crippen LogP contribution is 2.35. The summed E-state index contributed by atoms with van der Waals surface area (Å²) in [6.45, 7) is 2.01. The van der Waals surface area contributed by atoms with Crippen LogP contribution in [0.5, 0.6) is 0 Å². The number of hydrogen-bond donors (Lipinski definition) is 0. The van der Waals surface area contributed by atoms with E-state index in [-0.39, 0.29) is 0 Å². The van der Waals surface area contributed by atoms with Crippen molar-refractivity contribution in [3.05, 3.63) is 50.7 Å². The molecule has 0 aliphatic heterocycles. The van der Waals surface area contributed by atoms with Gasteiger partial charge in [0.05, 0.1) is 11.8 Å². The molecule has 0 unspecified atom stereocenters. The summed E-state index contributed by atoms with van der Waals surface area (Å²) in [4.78, 5) is 12.7. The van der Waals surface area contributed by atoms with E-state index >= 15 is 0 Å². The Morgan fingerprint density at radius 1 is 0.952 bits per heavy atom. The smallest absolute Gasteiger partial charge is 0.191 e. The van der Waals surface area contributed by atoms with Gasteiger partial charge < -0.3 is 0 Å². The van der Waals surface area contributed by atoms with Gasteiger partial charge in [0.25, 0.3) is 0 Å². The minimum absolute atomic E-state index is 0.292. The van der Waals surface area contributed by atoms with Crippen molar-refractivity contribution in [2.75, 3.05) is 0 Å². The van der Waals surface area contributed by atoms with Crippen LogP contribution < -0.4 is 0 Å². The summed E-state index contributed by atoms with van der Waals surface area (Å²) in [6, 6.07) is 7.84. The van der Waals surface area contributed by atoms with Crippen LogP contribution in [0.3, 0.4) is 0 Å². The maximum Gasteiger partial charge on any atom is 0.191 e. The van der Waals surface area contributed by atoms with Gasteiger partial charge in [-0.3, -0.25) is 0 Å². The third-order valence-corrected chi connectivity index (χ3v) is 4.49. The monoisotopic (exact) mass is 355 g/mol. The maximum atomic E-state index is 6.27. The molecule has 0 radical (unpaired) electrons. The van der Waals surface area contributed by atoms with E-state index in [9.17, 15) is 0 Å². The third-order valence-electron chi connectivity index (χ3n) is 2.83. The summed E-state index contributed by atoms with van der Waals surface area (Å²) < 4.78 is 0.559. The van der Waals surface area contributed by atoms with Crippen LogP contribution in [-0.4, -0.2) is 15.0 Å². The lowest BCUT2D eigenvalue weighted by Crippen LogP contribution is -1.94. The average Bonchev–Trinajstić information content (AvgIpc) is 2.87. The zero-order valence-electron chi connectivity index (χ0n) is 10.8. The number of benzene rings is 1. The molecule has 3 aromatic rings. The first-order valence-electron chi connectivity index (χ1n) is 5.96. The Kier molecular flexibility index (Phi) is 4.13. The highest BCUT2D eigenvalue weighted by molar-refractivity contribution is 7.18. The van der Waals surface area contributed by atoms with Crippen LogP contribution in [-0.2, 0) is 0 Å². The summed E-state index contributed by atoms with van der Waals surface area (Å²) in [7, 11) is 0. The quantitative estimate of drug-likeness (QED) is 0.566. The Bertz CT molecular complexity index is 776. The zero-order chi connectivity index (χ0) is 15.0. The Hall–Kier alpha value is -1.20. The normalized spacial score (nSPS) is 10.9. The Balaban J connectivity index is 2.10. The van der Waals surface area contributed by atoms with Gasteiger partial charge in [-0.1, -0.05) is 76.0 Å². The summed E-state index contributed by atoms with van der Waals surface area (Å²) in [6.07, 6.45) is 1.54. The second kappa shape index (κ2) is 5.89. The number of aryl methyl sites for hydroxylation is 1. The van der Waals surface area contributed by atoms with E-state index in [1.165, 1.54) is 11.3 Å². The molecule has 0 saturated carbocycles. The molecular weight excluding hydrogens is 349 g/mol. The fourth-order valence-electron chi connectivity index (χ4n) is 1.82. The van der Waals surface area contributed by atoms with Crippen LogP contribution in [0.25, 0.3) is 22.0 Å². The van der Waals surface area contributed by atoms with E-state index in [1.54, 1.807) is 6.20 Å². The van der Waals surface area contributed by atoms with Gasteiger partial charge >= 0.3 is 0 Å². The van der Waals surface area contributed by atoms with Gasteiger partial charge in [-0.25, -0.2) is 15.0 Å². The fourth-order valence-corrected chi connectivity index (χ4v) is 3.27. The van der Waals surface area contributed by atoms with Crippen LogP contribution in [0.4, 0.5) is 0 Å². The molecule has 0 aliphatic carbocycles. The minimum atomic E-state index is 0.292. The van der Waals surface area contributed by atoms with E-state index in [0.29, 0.717) is 31.0 Å². The molecular formula is C14H8Cl3N3S. The molecule has 0 amide bonds. The molecule has 0 spiro atoms. The summed E-state index contributed by atoms with van der Waals surface area (Å²) in [5.74, 6) is 0.373. The van der Waals surface area contributed by atoms with Crippen LogP contribution in [0.2, 0.25) is 14.6 Å². The van der Waals surface area contributed by atoms with E-state index in [4.69, 9.17) is 34.8 Å². The predicted molar refractivity (Wildman–Crippen MR) is 88.3 cm³/mol. The van der Waals surface area contributed by atoms with E-state index in [2.05, 4.69) is 15.0 Å². The van der Waals surface area contributed by atoms with Gasteiger partial charge in [0, 0.05) is 0 Å². The lowest BCUT2D eigenvalue weighted by atomic mass is 10.1. The molecule has 2 heterocycles. The second-order valence-corrected chi connectivity index (χ2v) is 6.72. The molecule has 7 heteroatoms. The number of halogens is 3. The number of thiazole rings is 1. The standard InChI is InChI=1S/C14H8Cl3N3S/c1-7-2-4-8(5-3-7)10-11(16)19-13(20-12(10)17)14-18-6-9(15)21-14/h2-6H,1H3. The highest BCUT2D eigenvalue weighted by atomic mass is 35.5. The van der Waals surface area contributed by atoms with Gasteiger partial charge in [0.2, 0.25) is 0 Å². The molecule has 0 fully saturated rings. The van der Waals surface area contributed by atoms with Gasteiger partial charge in [-0.2, -0.15) is 0 Å². The minimum Gasteiger partial charge on any atom is -0.240 e. The molecule has 0 aliphatic rings. The molecule has 2 aromatic heterocycles. The van der Waals surface area contributed by atoms with Crippen LogP contribution in [0, 0.1) is 6.92 Å². The first kappa shape index (κ1) is 14.7. The molecule has 0 saturated heterocycles. The topological polar surface area (TPSA) is 38.7 Å². The van der Waals surface area contributed by atoms with Crippen molar-refractivity contribution in [1.29, 1.82) is 0 Å². The van der Waals surface area contributed by atoms with Crippen molar-refractivity contribution in [2.45, 2.75) is 6.92 Å². The third kappa shape index (κ3) is 3.04. The molecule has 1 aromatic carbocycles. The van der Waals surface area contributed by atoms with Gasteiger partial charge in [-0.05, 0) is 12.5 Å². The number of rotatable bonds is 2. The van der Waals surface area contributed by atoms with Crippen LogP contribution >= 0.6 is 46.1 Å². The van der Waals surface area contributed by atoms with E-state index < -0.39 is 0 Å². The maximum absolute atomic E-state index is 6.27. The molecule has 0 bridgehead atoms. The van der Waals surface area contributed by atoms with Crippen molar-refractivity contribution < 1.29 is 0 Å². The highest BCUT2D eigenvalue weighted by Gasteiger charge is 2.16. The van der Waals surface area contributed by atoms with Gasteiger partial charge in [0.15, 0.2) is 10.8 Å². The van der Waals surface area contributed by atoms with Crippen molar-refractivity contribution in [3.8, 4) is 22.0 Å². The van der Waals surface area contributed by atoms with Crippen LogP contribution in [0.15, 0.2) is 30.5 Å². The predicted octanol–water partition coefficient (Wildman–Crippen LogP) is 5.54. The molecule has 0 N–H and O–H groups in total. The Labute approximate surface area is 140 Å². The first-order valence-corrected chi connectivity index (χ1v) is 7.91. The Morgan fingerprint density at radius 2 is 1.57 bits per heavy atom. The van der Waals surface area contributed by atoms with Crippen molar-refractivity contribution >= 4 is 46.1 Å². The summed E-state index contributed by atoms with van der Waals surface area (Å²) in [5, 5.41) is 1.17. The molecule has 3 rings (SSSR count). The van der Waals surface area contributed by atoms with Crippen molar-refractivity contribution in [1.82, 2.24) is 15.0 Å². The van der Waals surface area contributed by atoms with Gasteiger partial charge in [-0.15, -0.1) is 0 Å². The molecule has 21 heavy (non-hydrogen) atoms. The molecule has 106 valence electrons. The largest absolute Gasteiger partial charge is 0.240 e. The fraction of sp³-hybridized carbons (Fsp3) is 0.0714. The lowest BCUT2D eigenvalue weighted by Gasteiger charge is -2.07.